The molecule has 0 aliphatic carbocycles. The fraction of sp³-hybridized carbons (Fsp3) is 0.0769. The van der Waals surface area contributed by atoms with Crippen LogP contribution >= 0.6 is 15.9 Å². The summed E-state index contributed by atoms with van der Waals surface area (Å²) in [7, 11) is -1.05. The molecule has 0 saturated heterocycles. The fourth-order valence-electron chi connectivity index (χ4n) is 1.74. The lowest BCUT2D eigenvalue weighted by atomic mass is 10.1. The molecule has 0 aliphatic heterocycles. The van der Waals surface area contributed by atoms with Crippen LogP contribution in [0.3, 0.4) is 0 Å². The van der Waals surface area contributed by atoms with Crippen molar-refractivity contribution in [2.45, 2.75) is 4.90 Å². The lowest BCUT2D eigenvalue weighted by molar-refractivity contribution is 0.412. The molecule has 0 heterocycles. The molecule has 0 saturated carbocycles. The molecule has 2 rings (SSSR count). The van der Waals surface area contributed by atoms with Crippen LogP contribution in [0.5, 0.6) is 5.75 Å². The normalized spacial score (nSPS) is 10.6. The Hall–Kier alpha value is -1.33. The van der Waals surface area contributed by atoms with Crippen LogP contribution in [0.15, 0.2) is 51.8 Å². The highest BCUT2D eigenvalue weighted by Crippen LogP contribution is 2.37. The molecule has 3 nitrogen and oxygen atoms in total. The Morgan fingerprint density at radius 1 is 1.00 bits per heavy atom. The first-order chi connectivity index (χ1) is 8.65. The van der Waals surface area contributed by atoms with Gasteiger partial charge in [0.05, 0.1) is 16.5 Å². The molecule has 94 valence electrons. The molecule has 0 atom stereocenters. The highest BCUT2D eigenvalue weighted by Gasteiger charge is 2.12. The van der Waals surface area contributed by atoms with Gasteiger partial charge in [-0.3, -0.25) is 0 Å². The average Bonchev–Trinajstić information content (AvgIpc) is 2.39. The SMILES string of the molecule is COc1cccc(-c2ccccc2[SH](=O)=O)c1Br. The van der Waals surface area contributed by atoms with Gasteiger partial charge in [0.15, 0.2) is 10.7 Å². The molecular weight excluding hydrogens is 316 g/mol. The van der Waals surface area contributed by atoms with Gasteiger partial charge in [-0.15, -0.1) is 0 Å². The molecule has 0 radical (unpaired) electrons. The lowest BCUT2D eigenvalue weighted by Gasteiger charge is -2.10. The van der Waals surface area contributed by atoms with E-state index in [1.165, 1.54) is 0 Å². The van der Waals surface area contributed by atoms with Gasteiger partial charge in [0, 0.05) is 11.1 Å². The van der Waals surface area contributed by atoms with Crippen LogP contribution in [-0.2, 0) is 10.7 Å². The predicted molar refractivity (Wildman–Crippen MR) is 74.7 cm³/mol. The zero-order valence-corrected chi connectivity index (χ0v) is 12.1. The molecule has 0 fully saturated rings. The van der Waals surface area contributed by atoms with E-state index in [2.05, 4.69) is 15.9 Å². The Morgan fingerprint density at radius 3 is 2.33 bits per heavy atom. The van der Waals surface area contributed by atoms with Gasteiger partial charge in [-0.1, -0.05) is 30.3 Å². The summed E-state index contributed by atoms with van der Waals surface area (Å²) in [5.41, 5.74) is 1.46. The molecule has 18 heavy (non-hydrogen) atoms. The third kappa shape index (κ3) is 2.42. The zero-order chi connectivity index (χ0) is 13.1. The monoisotopic (exact) mass is 326 g/mol. The Balaban J connectivity index is 2.70. The van der Waals surface area contributed by atoms with Crippen molar-refractivity contribution in [3.63, 3.8) is 0 Å². The quantitative estimate of drug-likeness (QED) is 0.881. The summed E-state index contributed by atoms with van der Waals surface area (Å²) < 4.78 is 28.5. The third-order valence-corrected chi connectivity index (χ3v) is 4.18. The first kappa shape index (κ1) is 13.1. The fourth-order valence-corrected chi connectivity index (χ4v) is 2.98. The summed E-state index contributed by atoms with van der Waals surface area (Å²) in [6, 6.07) is 12.4. The number of halogens is 1. The van der Waals surface area contributed by atoms with Crippen molar-refractivity contribution in [1.82, 2.24) is 0 Å². The summed E-state index contributed by atoms with van der Waals surface area (Å²) in [5, 5.41) is 0. The number of rotatable bonds is 3. The highest BCUT2D eigenvalue weighted by atomic mass is 79.9. The third-order valence-electron chi connectivity index (χ3n) is 2.57. The topological polar surface area (TPSA) is 43.4 Å². The van der Waals surface area contributed by atoms with Crippen molar-refractivity contribution < 1.29 is 13.2 Å². The summed E-state index contributed by atoms with van der Waals surface area (Å²) in [5.74, 6) is 0.670. The van der Waals surface area contributed by atoms with Crippen molar-refractivity contribution in [2.75, 3.05) is 7.11 Å². The standard InChI is InChI=1S/C13H11BrO3S/c1-17-11-7-4-6-10(13(11)14)9-5-2-3-8-12(9)18(15)16/h2-8,18H,1H3. The Kier molecular flexibility index (Phi) is 4.04. The Morgan fingerprint density at radius 2 is 1.67 bits per heavy atom. The molecule has 0 amide bonds. The van der Waals surface area contributed by atoms with E-state index >= 15 is 0 Å². The number of hydrogen-bond donors (Lipinski definition) is 1. The summed E-state index contributed by atoms with van der Waals surface area (Å²) in [4.78, 5) is 0.307. The number of benzene rings is 2. The predicted octanol–water partition coefficient (Wildman–Crippen LogP) is 3.10. The first-order valence-corrected chi connectivity index (χ1v) is 7.18. The van der Waals surface area contributed by atoms with E-state index in [0.29, 0.717) is 16.2 Å². The van der Waals surface area contributed by atoms with Crippen LogP contribution in [0.1, 0.15) is 0 Å². The number of ether oxygens (including phenoxy) is 1. The number of thiol groups is 1. The minimum atomic E-state index is -2.63. The van der Waals surface area contributed by atoms with Crippen molar-refractivity contribution in [3.8, 4) is 16.9 Å². The molecule has 2 aromatic rings. The van der Waals surface area contributed by atoms with Crippen LogP contribution in [0, 0.1) is 0 Å². The van der Waals surface area contributed by atoms with Crippen molar-refractivity contribution >= 4 is 26.6 Å². The molecule has 0 aliphatic rings. The summed E-state index contributed by atoms with van der Waals surface area (Å²) >= 11 is 3.44. The summed E-state index contributed by atoms with van der Waals surface area (Å²) in [6.07, 6.45) is 0. The number of hydrogen-bond acceptors (Lipinski definition) is 3. The van der Waals surface area contributed by atoms with E-state index in [1.54, 1.807) is 25.3 Å². The maximum atomic E-state index is 11.3. The highest BCUT2D eigenvalue weighted by molar-refractivity contribution is 9.10. The zero-order valence-electron chi connectivity index (χ0n) is 9.59. The smallest absolute Gasteiger partial charge is 0.168 e. The second-order valence-corrected chi connectivity index (χ2v) is 5.39. The Labute approximate surface area is 115 Å². The molecule has 0 unspecified atom stereocenters. The molecule has 0 bridgehead atoms. The second kappa shape index (κ2) is 5.54. The molecule has 0 N–H and O–H groups in total. The van der Waals surface area contributed by atoms with Gasteiger partial charge in [-0.25, -0.2) is 8.42 Å². The van der Waals surface area contributed by atoms with E-state index in [0.717, 1.165) is 10.0 Å². The van der Waals surface area contributed by atoms with Crippen LogP contribution in [-0.4, -0.2) is 15.5 Å². The van der Waals surface area contributed by atoms with Gasteiger partial charge in [-0.05, 0) is 28.1 Å². The van der Waals surface area contributed by atoms with Gasteiger partial charge in [0.25, 0.3) is 0 Å². The van der Waals surface area contributed by atoms with E-state index in [1.807, 2.05) is 24.3 Å². The van der Waals surface area contributed by atoms with Crippen LogP contribution in [0.25, 0.3) is 11.1 Å². The van der Waals surface area contributed by atoms with Crippen molar-refractivity contribution in [1.29, 1.82) is 0 Å². The summed E-state index contributed by atoms with van der Waals surface area (Å²) in [6.45, 7) is 0. The maximum absolute atomic E-state index is 11.3. The van der Waals surface area contributed by atoms with Gasteiger partial charge < -0.3 is 4.74 Å². The van der Waals surface area contributed by atoms with E-state index in [4.69, 9.17) is 4.74 Å². The number of methoxy groups -OCH3 is 1. The van der Waals surface area contributed by atoms with Gasteiger partial charge >= 0.3 is 0 Å². The molecule has 5 heteroatoms. The maximum Gasteiger partial charge on any atom is 0.168 e. The Bertz CT molecular complexity index is 642. The first-order valence-electron chi connectivity index (χ1n) is 5.21. The van der Waals surface area contributed by atoms with E-state index in [9.17, 15) is 8.42 Å². The molecule has 0 aromatic heterocycles. The molecule has 0 spiro atoms. The molecule has 2 aromatic carbocycles. The lowest BCUT2D eigenvalue weighted by Crippen LogP contribution is -1.90. The van der Waals surface area contributed by atoms with Gasteiger partial charge in [0.1, 0.15) is 5.75 Å². The largest absolute Gasteiger partial charge is 0.496 e. The van der Waals surface area contributed by atoms with Gasteiger partial charge in [0.2, 0.25) is 0 Å². The minimum absolute atomic E-state index is 0.307. The van der Waals surface area contributed by atoms with Crippen LogP contribution in [0.2, 0.25) is 0 Å². The molecular formula is C13H11BrO3S. The van der Waals surface area contributed by atoms with Crippen molar-refractivity contribution in [2.24, 2.45) is 0 Å². The van der Waals surface area contributed by atoms with E-state index < -0.39 is 10.7 Å². The van der Waals surface area contributed by atoms with E-state index in [-0.39, 0.29) is 0 Å². The van der Waals surface area contributed by atoms with Crippen LogP contribution < -0.4 is 4.74 Å². The second-order valence-electron chi connectivity index (χ2n) is 3.60. The van der Waals surface area contributed by atoms with Crippen molar-refractivity contribution in [3.05, 3.63) is 46.9 Å². The van der Waals surface area contributed by atoms with Crippen LogP contribution in [0.4, 0.5) is 0 Å². The average molecular weight is 327 g/mol. The van der Waals surface area contributed by atoms with Gasteiger partial charge in [-0.2, -0.15) is 0 Å². The minimum Gasteiger partial charge on any atom is -0.496 e.